The van der Waals surface area contributed by atoms with Crippen molar-refractivity contribution in [3.8, 4) is 0 Å². The fourth-order valence-corrected chi connectivity index (χ4v) is 2.60. The number of hydrogen-bond donors (Lipinski definition) is 0. The lowest BCUT2D eigenvalue weighted by atomic mass is 10.1. The van der Waals surface area contributed by atoms with Gasteiger partial charge < -0.3 is 9.64 Å². The second-order valence-electron chi connectivity index (χ2n) is 5.78. The van der Waals surface area contributed by atoms with Gasteiger partial charge in [-0.15, -0.1) is 0 Å². The molecule has 1 aliphatic rings. The van der Waals surface area contributed by atoms with Crippen molar-refractivity contribution in [2.75, 3.05) is 33.3 Å². The van der Waals surface area contributed by atoms with Crippen LogP contribution in [0.3, 0.4) is 0 Å². The molecule has 2 rings (SSSR count). The molecule has 1 amide bonds. The van der Waals surface area contributed by atoms with Crippen molar-refractivity contribution in [1.29, 1.82) is 0 Å². The minimum absolute atomic E-state index is 0.0299. The molecule has 1 aliphatic heterocycles. The van der Waals surface area contributed by atoms with Crippen LogP contribution in [-0.4, -0.2) is 61.3 Å². The van der Waals surface area contributed by atoms with Gasteiger partial charge in [-0.1, -0.05) is 30.3 Å². The average molecular weight is 330 g/mol. The van der Waals surface area contributed by atoms with Gasteiger partial charge in [-0.2, -0.15) is 13.2 Å². The van der Waals surface area contributed by atoms with E-state index in [0.29, 0.717) is 18.1 Å². The van der Waals surface area contributed by atoms with E-state index in [1.807, 2.05) is 30.3 Å². The summed E-state index contributed by atoms with van der Waals surface area (Å²) in [7, 11) is 1.17. The molecule has 4 nitrogen and oxygen atoms in total. The van der Waals surface area contributed by atoms with Gasteiger partial charge in [0.25, 0.3) is 0 Å². The Bertz CT molecular complexity index is 508. The summed E-state index contributed by atoms with van der Waals surface area (Å²) in [4.78, 5) is 14.7. The van der Waals surface area contributed by atoms with Gasteiger partial charge in [0.2, 0.25) is 5.91 Å². The van der Waals surface area contributed by atoms with E-state index < -0.39 is 18.6 Å². The summed E-state index contributed by atoms with van der Waals surface area (Å²) >= 11 is 0. The van der Waals surface area contributed by atoms with Crippen molar-refractivity contribution in [1.82, 2.24) is 9.80 Å². The van der Waals surface area contributed by atoms with E-state index in [4.69, 9.17) is 4.74 Å². The predicted molar refractivity (Wildman–Crippen MR) is 79.8 cm³/mol. The maximum absolute atomic E-state index is 12.3. The molecule has 0 bridgehead atoms. The number of ether oxygens (including phenoxy) is 1. The zero-order chi connectivity index (χ0) is 16.9. The molecule has 0 aromatic heterocycles. The minimum Gasteiger partial charge on any atom is -0.375 e. The quantitative estimate of drug-likeness (QED) is 0.830. The van der Waals surface area contributed by atoms with E-state index in [1.54, 1.807) is 0 Å². The average Bonchev–Trinajstić information content (AvgIpc) is 2.47. The lowest BCUT2D eigenvalue weighted by Gasteiger charge is -2.33. The first-order valence-corrected chi connectivity index (χ1v) is 7.52. The van der Waals surface area contributed by atoms with Crippen molar-refractivity contribution in [2.45, 2.75) is 25.2 Å². The van der Waals surface area contributed by atoms with Crippen molar-refractivity contribution < 1.29 is 22.7 Å². The van der Waals surface area contributed by atoms with Gasteiger partial charge in [-0.3, -0.25) is 9.69 Å². The number of alkyl halides is 3. The molecule has 1 atom stereocenters. The van der Waals surface area contributed by atoms with Crippen molar-refractivity contribution >= 4 is 5.91 Å². The number of benzene rings is 1. The van der Waals surface area contributed by atoms with Crippen LogP contribution in [0.25, 0.3) is 0 Å². The normalized spacial score (nSPS) is 19.6. The molecular formula is C16H21F3N2O2. The van der Waals surface area contributed by atoms with Gasteiger partial charge in [0.05, 0.1) is 19.1 Å². The molecule has 0 radical (unpaired) electrons. The SMILES string of the molecule is CN(CC(F)(F)F)C(=O)C[C@H]1CN(Cc2ccccc2)CCO1. The molecule has 128 valence electrons. The Morgan fingerprint density at radius 1 is 1.35 bits per heavy atom. The molecule has 1 fully saturated rings. The molecule has 7 heteroatoms. The molecular weight excluding hydrogens is 309 g/mol. The van der Waals surface area contributed by atoms with Gasteiger partial charge in [0, 0.05) is 26.7 Å². The molecule has 1 saturated heterocycles. The maximum atomic E-state index is 12.3. The van der Waals surface area contributed by atoms with Crippen LogP contribution in [0.4, 0.5) is 13.2 Å². The summed E-state index contributed by atoms with van der Waals surface area (Å²) in [6.07, 6.45) is -4.77. The van der Waals surface area contributed by atoms with Crippen LogP contribution in [0.1, 0.15) is 12.0 Å². The predicted octanol–water partition coefficient (Wildman–Crippen LogP) is 2.30. The Balaban J connectivity index is 1.83. The zero-order valence-electron chi connectivity index (χ0n) is 13.1. The van der Waals surface area contributed by atoms with Gasteiger partial charge in [-0.25, -0.2) is 0 Å². The molecule has 0 saturated carbocycles. The van der Waals surface area contributed by atoms with Gasteiger partial charge in [0.15, 0.2) is 0 Å². The Kier molecular flexibility index (Phi) is 6.01. The first-order chi connectivity index (χ1) is 10.8. The number of carbonyl (C=O) groups excluding carboxylic acids is 1. The van der Waals surface area contributed by atoms with Crippen LogP contribution in [-0.2, 0) is 16.1 Å². The van der Waals surface area contributed by atoms with Crippen LogP contribution in [0, 0.1) is 0 Å². The van der Waals surface area contributed by atoms with E-state index in [9.17, 15) is 18.0 Å². The van der Waals surface area contributed by atoms with Crippen LogP contribution in [0.15, 0.2) is 30.3 Å². The highest BCUT2D eigenvalue weighted by molar-refractivity contribution is 5.76. The van der Waals surface area contributed by atoms with E-state index in [1.165, 1.54) is 7.05 Å². The van der Waals surface area contributed by atoms with E-state index in [2.05, 4.69) is 4.90 Å². The third kappa shape index (κ3) is 6.19. The van der Waals surface area contributed by atoms with Crippen molar-refractivity contribution in [3.63, 3.8) is 0 Å². The molecule has 0 aliphatic carbocycles. The summed E-state index contributed by atoms with van der Waals surface area (Å²) in [5.74, 6) is -0.547. The summed E-state index contributed by atoms with van der Waals surface area (Å²) in [5, 5.41) is 0. The first kappa shape index (κ1) is 17.7. The number of carbonyl (C=O) groups is 1. The van der Waals surface area contributed by atoms with Crippen LogP contribution >= 0.6 is 0 Å². The Morgan fingerprint density at radius 2 is 2.04 bits per heavy atom. The molecule has 0 N–H and O–H groups in total. The van der Waals surface area contributed by atoms with Gasteiger partial charge in [-0.05, 0) is 5.56 Å². The van der Waals surface area contributed by atoms with Crippen molar-refractivity contribution in [3.05, 3.63) is 35.9 Å². The Hall–Kier alpha value is -1.60. The summed E-state index contributed by atoms with van der Waals surface area (Å²) in [6, 6.07) is 9.91. The number of nitrogens with zero attached hydrogens (tertiary/aromatic N) is 2. The lowest BCUT2D eigenvalue weighted by Crippen LogP contribution is -2.45. The highest BCUT2D eigenvalue weighted by atomic mass is 19.4. The summed E-state index contributed by atoms with van der Waals surface area (Å²) < 4.78 is 42.5. The van der Waals surface area contributed by atoms with Crippen LogP contribution in [0.2, 0.25) is 0 Å². The smallest absolute Gasteiger partial charge is 0.375 e. The van der Waals surface area contributed by atoms with Crippen LogP contribution < -0.4 is 0 Å². The van der Waals surface area contributed by atoms with Crippen LogP contribution in [0.5, 0.6) is 0 Å². The number of amides is 1. The first-order valence-electron chi connectivity index (χ1n) is 7.52. The fourth-order valence-electron chi connectivity index (χ4n) is 2.60. The topological polar surface area (TPSA) is 32.8 Å². The zero-order valence-corrected chi connectivity index (χ0v) is 13.1. The molecule has 1 heterocycles. The van der Waals surface area contributed by atoms with E-state index in [0.717, 1.165) is 18.7 Å². The van der Waals surface area contributed by atoms with E-state index in [-0.39, 0.29) is 12.5 Å². The Labute approximate surface area is 133 Å². The van der Waals surface area contributed by atoms with E-state index >= 15 is 0 Å². The number of morpholine rings is 1. The van der Waals surface area contributed by atoms with Crippen molar-refractivity contribution in [2.24, 2.45) is 0 Å². The number of halogens is 3. The standard InChI is InChI=1S/C16H21F3N2O2/c1-20(12-16(17,18)19)15(22)9-14-11-21(7-8-23-14)10-13-5-3-2-4-6-13/h2-6,14H,7-12H2,1H3/t14-/m0/s1. The van der Waals surface area contributed by atoms with Gasteiger partial charge in [0.1, 0.15) is 6.54 Å². The minimum atomic E-state index is -4.38. The Morgan fingerprint density at radius 3 is 2.70 bits per heavy atom. The molecule has 23 heavy (non-hydrogen) atoms. The molecule has 0 spiro atoms. The molecule has 0 unspecified atom stereocenters. The van der Waals surface area contributed by atoms with Gasteiger partial charge >= 0.3 is 6.18 Å². The second-order valence-corrected chi connectivity index (χ2v) is 5.78. The fraction of sp³-hybridized carbons (Fsp3) is 0.562. The monoisotopic (exact) mass is 330 g/mol. The molecule has 1 aromatic rings. The number of rotatable bonds is 5. The third-order valence-electron chi connectivity index (χ3n) is 3.72. The number of hydrogen-bond acceptors (Lipinski definition) is 3. The summed E-state index contributed by atoms with van der Waals surface area (Å²) in [6.45, 7) is 1.28. The third-order valence-corrected chi connectivity index (χ3v) is 3.72. The highest BCUT2D eigenvalue weighted by Crippen LogP contribution is 2.18. The maximum Gasteiger partial charge on any atom is 0.406 e. The largest absolute Gasteiger partial charge is 0.406 e. The summed E-state index contributed by atoms with van der Waals surface area (Å²) in [5.41, 5.74) is 1.16. The lowest BCUT2D eigenvalue weighted by molar-refractivity contribution is -0.160. The highest BCUT2D eigenvalue weighted by Gasteiger charge is 2.32. The molecule has 1 aromatic carbocycles. The second kappa shape index (κ2) is 7.79.